The summed E-state index contributed by atoms with van der Waals surface area (Å²) in [6.07, 6.45) is 10.8. The quantitative estimate of drug-likeness (QED) is 0.693. The molecule has 100 valence electrons. The lowest BCUT2D eigenvalue weighted by Gasteiger charge is -2.19. The highest BCUT2D eigenvalue weighted by atomic mass is 16.7. The third kappa shape index (κ3) is 7.21. The van der Waals surface area contributed by atoms with E-state index in [1.807, 2.05) is 0 Å². The van der Waals surface area contributed by atoms with Crippen LogP contribution in [0.4, 0.5) is 4.79 Å². The summed E-state index contributed by atoms with van der Waals surface area (Å²) in [5.74, 6) is 0. The SMILES string of the molecule is NC1CCCCC1.O=C(O)OC1CCCCC1. The van der Waals surface area contributed by atoms with Crippen molar-refractivity contribution in [1.29, 1.82) is 0 Å². The summed E-state index contributed by atoms with van der Waals surface area (Å²) >= 11 is 0. The van der Waals surface area contributed by atoms with Crippen LogP contribution in [-0.4, -0.2) is 23.4 Å². The number of hydrogen-bond acceptors (Lipinski definition) is 3. The fourth-order valence-electron chi connectivity index (χ4n) is 2.46. The second-order valence-electron chi connectivity index (χ2n) is 5.04. The number of hydrogen-bond donors (Lipinski definition) is 2. The number of carbonyl (C=O) groups is 1. The van der Waals surface area contributed by atoms with Crippen molar-refractivity contribution < 1.29 is 14.6 Å². The maximum absolute atomic E-state index is 10.0. The fourth-order valence-corrected chi connectivity index (χ4v) is 2.46. The van der Waals surface area contributed by atoms with Gasteiger partial charge in [0, 0.05) is 6.04 Å². The van der Waals surface area contributed by atoms with Gasteiger partial charge in [-0.3, -0.25) is 0 Å². The lowest BCUT2D eigenvalue weighted by atomic mass is 9.97. The highest BCUT2D eigenvalue weighted by Crippen LogP contribution is 2.20. The van der Waals surface area contributed by atoms with Gasteiger partial charge in [0.15, 0.2) is 0 Å². The first kappa shape index (κ1) is 14.3. The summed E-state index contributed by atoms with van der Waals surface area (Å²) in [5.41, 5.74) is 5.63. The monoisotopic (exact) mass is 243 g/mol. The van der Waals surface area contributed by atoms with Crippen molar-refractivity contribution in [3.8, 4) is 0 Å². The van der Waals surface area contributed by atoms with E-state index in [4.69, 9.17) is 10.8 Å². The molecule has 0 aliphatic heterocycles. The molecule has 0 unspecified atom stereocenters. The molecular formula is C13H25NO3. The molecule has 0 aromatic rings. The Kier molecular flexibility index (Phi) is 7.01. The molecule has 0 amide bonds. The Hall–Kier alpha value is -0.770. The number of ether oxygens (including phenoxy) is 1. The average Bonchev–Trinajstić information content (AvgIpc) is 2.31. The van der Waals surface area contributed by atoms with Gasteiger partial charge in [-0.25, -0.2) is 4.79 Å². The molecule has 0 aromatic carbocycles. The molecule has 17 heavy (non-hydrogen) atoms. The molecule has 0 spiro atoms. The van der Waals surface area contributed by atoms with Crippen LogP contribution < -0.4 is 5.73 Å². The van der Waals surface area contributed by atoms with E-state index in [1.54, 1.807) is 0 Å². The van der Waals surface area contributed by atoms with Crippen molar-refractivity contribution in [2.24, 2.45) is 5.73 Å². The summed E-state index contributed by atoms with van der Waals surface area (Å²) in [7, 11) is 0. The summed E-state index contributed by atoms with van der Waals surface area (Å²) < 4.78 is 4.61. The van der Waals surface area contributed by atoms with E-state index < -0.39 is 6.16 Å². The minimum Gasteiger partial charge on any atom is -0.450 e. The first-order valence-electron chi connectivity index (χ1n) is 6.83. The third-order valence-corrected chi connectivity index (χ3v) is 3.47. The smallest absolute Gasteiger partial charge is 0.450 e. The zero-order valence-corrected chi connectivity index (χ0v) is 10.6. The standard InChI is InChI=1S/C7H12O3.C6H13N/c8-7(9)10-6-4-2-1-3-5-6;7-6-4-2-1-3-5-6/h6H,1-5H2,(H,8,9);6H,1-5,7H2. The van der Waals surface area contributed by atoms with Gasteiger partial charge in [-0.05, 0) is 38.5 Å². The van der Waals surface area contributed by atoms with Gasteiger partial charge >= 0.3 is 6.16 Å². The van der Waals surface area contributed by atoms with Gasteiger partial charge in [0.2, 0.25) is 0 Å². The Morgan fingerprint density at radius 3 is 1.76 bits per heavy atom. The van der Waals surface area contributed by atoms with Crippen molar-refractivity contribution in [2.45, 2.75) is 76.4 Å². The maximum atomic E-state index is 10.0. The Bertz CT molecular complexity index is 209. The first-order chi connectivity index (χ1) is 8.18. The molecule has 0 saturated heterocycles. The third-order valence-electron chi connectivity index (χ3n) is 3.47. The van der Waals surface area contributed by atoms with Gasteiger partial charge in [-0.15, -0.1) is 0 Å². The largest absolute Gasteiger partial charge is 0.506 e. The zero-order chi connectivity index (χ0) is 12.5. The van der Waals surface area contributed by atoms with E-state index in [9.17, 15) is 4.79 Å². The van der Waals surface area contributed by atoms with Crippen molar-refractivity contribution >= 4 is 6.16 Å². The summed E-state index contributed by atoms with van der Waals surface area (Å²) in [4.78, 5) is 10.0. The molecular weight excluding hydrogens is 218 g/mol. The van der Waals surface area contributed by atoms with E-state index in [2.05, 4.69) is 4.74 Å². The minimum absolute atomic E-state index is 0.0220. The Morgan fingerprint density at radius 2 is 1.41 bits per heavy atom. The first-order valence-corrected chi connectivity index (χ1v) is 6.83. The fraction of sp³-hybridized carbons (Fsp3) is 0.923. The van der Waals surface area contributed by atoms with E-state index in [0.717, 1.165) is 25.7 Å². The minimum atomic E-state index is -1.13. The highest BCUT2D eigenvalue weighted by molar-refractivity contribution is 5.57. The molecule has 0 radical (unpaired) electrons. The van der Waals surface area contributed by atoms with Crippen LogP contribution in [0.5, 0.6) is 0 Å². The number of nitrogens with two attached hydrogens (primary N) is 1. The molecule has 2 rings (SSSR count). The van der Waals surface area contributed by atoms with Crippen LogP contribution in [0.25, 0.3) is 0 Å². The van der Waals surface area contributed by atoms with Crippen LogP contribution in [0.2, 0.25) is 0 Å². The Balaban J connectivity index is 0.000000181. The molecule has 3 N–H and O–H groups in total. The van der Waals surface area contributed by atoms with E-state index in [1.165, 1.54) is 38.5 Å². The van der Waals surface area contributed by atoms with E-state index in [0.29, 0.717) is 6.04 Å². The van der Waals surface area contributed by atoms with E-state index in [-0.39, 0.29) is 6.10 Å². The van der Waals surface area contributed by atoms with Crippen molar-refractivity contribution in [3.63, 3.8) is 0 Å². The molecule has 0 heterocycles. The van der Waals surface area contributed by atoms with Gasteiger partial charge in [-0.1, -0.05) is 25.7 Å². The van der Waals surface area contributed by atoms with Gasteiger partial charge in [0.1, 0.15) is 6.10 Å². The maximum Gasteiger partial charge on any atom is 0.506 e. The number of rotatable bonds is 1. The molecule has 4 nitrogen and oxygen atoms in total. The molecule has 4 heteroatoms. The van der Waals surface area contributed by atoms with Crippen molar-refractivity contribution in [1.82, 2.24) is 0 Å². The lowest BCUT2D eigenvalue weighted by Crippen LogP contribution is -2.22. The molecule has 2 fully saturated rings. The molecule has 2 saturated carbocycles. The van der Waals surface area contributed by atoms with Crippen LogP contribution in [0.1, 0.15) is 64.2 Å². The van der Waals surface area contributed by atoms with Crippen molar-refractivity contribution in [2.75, 3.05) is 0 Å². The lowest BCUT2D eigenvalue weighted by molar-refractivity contribution is 0.0358. The van der Waals surface area contributed by atoms with Gasteiger partial charge in [0.25, 0.3) is 0 Å². The highest BCUT2D eigenvalue weighted by Gasteiger charge is 2.16. The summed E-state index contributed by atoms with van der Waals surface area (Å²) in [6, 6.07) is 0.536. The van der Waals surface area contributed by atoms with Crippen LogP contribution in [0, 0.1) is 0 Å². The zero-order valence-electron chi connectivity index (χ0n) is 10.6. The molecule has 2 aliphatic rings. The van der Waals surface area contributed by atoms with Crippen LogP contribution >= 0.6 is 0 Å². The van der Waals surface area contributed by atoms with Crippen LogP contribution in [0.15, 0.2) is 0 Å². The van der Waals surface area contributed by atoms with E-state index >= 15 is 0 Å². The van der Waals surface area contributed by atoms with Gasteiger partial charge < -0.3 is 15.6 Å². The summed E-state index contributed by atoms with van der Waals surface area (Å²) in [6.45, 7) is 0. The van der Waals surface area contributed by atoms with Gasteiger partial charge in [0.05, 0.1) is 0 Å². The van der Waals surface area contributed by atoms with Crippen LogP contribution in [-0.2, 0) is 4.74 Å². The van der Waals surface area contributed by atoms with Crippen molar-refractivity contribution in [3.05, 3.63) is 0 Å². The molecule has 0 bridgehead atoms. The molecule has 2 aliphatic carbocycles. The number of carboxylic acid groups (broad SMARTS) is 1. The van der Waals surface area contributed by atoms with Crippen LogP contribution in [0.3, 0.4) is 0 Å². The predicted molar refractivity (Wildman–Crippen MR) is 67.0 cm³/mol. The topological polar surface area (TPSA) is 72.6 Å². The molecule has 0 aromatic heterocycles. The second-order valence-corrected chi connectivity index (χ2v) is 5.04. The normalized spacial score (nSPS) is 22.4. The summed E-state index contributed by atoms with van der Waals surface area (Å²) in [5, 5.41) is 8.24. The molecule has 0 atom stereocenters. The average molecular weight is 243 g/mol. The van der Waals surface area contributed by atoms with Gasteiger partial charge in [-0.2, -0.15) is 0 Å². The second kappa shape index (κ2) is 8.34. The predicted octanol–water partition coefficient (Wildman–Crippen LogP) is 3.29. The Morgan fingerprint density at radius 1 is 0.941 bits per heavy atom. The Labute approximate surface area is 104 Å².